The minimum atomic E-state index is 0.562. The predicted molar refractivity (Wildman–Crippen MR) is 84.2 cm³/mol. The maximum atomic E-state index is 4.41. The molecule has 3 aromatic heterocycles. The second kappa shape index (κ2) is 5.51. The molecular weight excluding hydrogens is 322 g/mol. The van der Waals surface area contributed by atoms with Crippen LogP contribution < -0.4 is 0 Å². The first-order valence-corrected chi connectivity index (χ1v) is 9.21. The van der Waals surface area contributed by atoms with Gasteiger partial charge in [-0.15, -0.1) is 21.5 Å². The van der Waals surface area contributed by atoms with Crippen LogP contribution in [-0.4, -0.2) is 24.1 Å². The van der Waals surface area contributed by atoms with E-state index in [4.69, 9.17) is 0 Å². The van der Waals surface area contributed by atoms with Crippen LogP contribution in [0.2, 0.25) is 0 Å². The lowest BCUT2D eigenvalue weighted by Gasteiger charge is -2.06. The zero-order chi connectivity index (χ0) is 14.2. The molecule has 1 aliphatic carbocycles. The summed E-state index contributed by atoms with van der Waals surface area (Å²) in [7, 11) is 0. The lowest BCUT2D eigenvalue weighted by Crippen LogP contribution is -2.03. The van der Waals surface area contributed by atoms with Gasteiger partial charge in [0.2, 0.25) is 0 Å². The Kier molecular flexibility index (Phi) is 3.52. The Morgan fingerprint density at radius 2 is 2.29 bits per heavy atom. The van der Waals surface area contributed by atoms with Gasteiger partial charge in [-0.2, -0.15) is 4.37 Å². The summed E-state index contributed by atoms with van der Waals surface area (Å²) >= 11 is 4.76. The third-order valence-electron chi connectivity index (χ3n) is 3.25. The Labute approximate surface area is 134 Å². The molecule has 108 valence electrons. The van der Waals surface area contributed by atoms with Crippen LogP contribution in [-0.2, 0) is 6.42 Å². The van der Waals surface area contributed by atoms with Gasteiger partial charge >= 0.3 is 0 Å². The highest BCUT2D eigenvalue weighted by Crippen LogP contribution is 2.40. The molecule has 1 saturated carbocycles. The molecule has 0 unspecified atom stereocenters. The summed E-state index contributed by atoms with van der Waals surface area (Å²) in [5.41, 5.74) is 0. The maximum Gasteiger partial charge on any atom is 0.198 e. The first-order valence-electron chi connectivity index (χ1n) is 6.74. The smallest absolute Gasteiger partial charge is 0.198 e. The van der Waals surface area contributed by atoms with Crippen LogP contribution >= 0.6 is 34.6 Å². The van der Waals surface area contributed by atoms with E-state index >= 15 is 0 Å². The predicted octanol–water partition coefficient (Wildman–Crippen LogP) is 3.58. The zero-order valence-electron chi connectivity index (χ0n) is 11.4. The van der Waals surface area contributed by atoms with Crippen LogP contribution in [0.25, 0.3) is 0 Å². The van der Waals surface area contributed by atoms with Gasteiger partial charge in [0.05, 0.1) is 0 Å². The van der Waals surface area contributed by atoms with Crippen molar-refractivity contribution in [3.63, 3.8) is 0 Å². The largest absolute Gasteiger partial charge is 0.302 e. The molecule has 1 aliphatic rings. The topological polar surface area (TPSA) is 56.5 Å². The summed E-state index contributed by atoms with van der Waals surface area (Å²) < 4.78 is 7.45. The van der Waals surface area contributed by atoms with Crippen LogP contribution in [0.5, 0.6) is 0 Å². The highest BCUT2D eigenvalue weighted by atomic mass is 32.2. The number of hydrogen-bond donors (Lipinski definition) is 0. The monoisotopic (exact) mass is 335 g/mol. The van der Waals surface area contributed by atoms with Crippen LogP contribution in [0.4, 0.5) is 0 Å². The Hall–Kier alpha value is -1.25. The second-order valence-electron chi connectivity index (χ2n) is 4.97. The van der Waals surface area contributed by atoms with Gasteiger partial charge in [0.25, 0.3) is 0 Å². The first-order chi connectivity index (χ1) is 10.3. The van der Waals surface area contributed by atoms with Gasteiger partial charge in [0.1, 0.15) is 11.6 Å². The van der Waals surface area contributed by atoms with E-state index < -0.39 is 0 Å². The Morgan fingerprint density at radius 1 is 1.38 bits per heavy atom. The van der Waals surface area contributed by atoms with Crippen LogP contribution in [0.3, 0.4) is 0 Å². The summed E-state index contributed by atoms with van der Waals surface area (Å²) in [4.78, 5) is 5.73. The molecule has 8 heteroatoms. The van der Waals surface area contributed by atoms with Crippen molar-refractivity contribution in [2.75, 3.05) is 0 Å². The summed E-state index contributed by atoms with van der Waals surface area (Å²) in [5.74, 6) is 1.88. The van der Waals surface area contributed by atoms with Gasteiger partial charge in [-0.25, -0.2) is 4.98 Å². The number of rotatable bonds is 5. The summed E-state index contributed by atoms with van der Waals surface area (Å²) in [6.45, 7) is 1.91. The van der Waals surface area contributed by atoms with Gasteiger partial charge in [0, 0.05) is 17.3 Å². The number of aryl methyl sites for hydroxylation is 1. The highest BCUT2D eigenvalue weighted by molar-refractivity contribution is 8.00. The third kappa shape index (κ3) is 2.88. The fraction of sp³-hybridized carbons (Fsp3) is 0.385. The molecule has 0 aromatic carbocycles. The molecule has 0 saturated heterocycles. The molecular formula is C13H13N5S3. The number of aromatic nitrogens is 5. The van der Waals surface area contributed by atoms with E-state index in [-0.39, 0.29) is 0 Å². The van der Waals surface area contributed by atoms with E-state index in [1.165, 1.54) is 29.3 Å². The minimum Gasteiger partial charge on any atom is -0.302 e. The summed E-state index contributed by atoms with van der Waals surface area (Å²) in [6, 6.07) is 4.79. The van der Waals surface area contributed by atoms with Crippen molar-refractivity contribution in [3.05, 3.63) is 34.0 Å². The standard InChI is InChI=1S/C13H13N5S3/c1-8-14-13(21-17-8)20-12-16-15-11(18(12)9-4-5-9)7-10-3-2-6-19-10/h2-3,6,9H,4-5,7H2,1H3. The molecule has 0 bridgehead atoms. The molecule has 4 rings (SSSR count). The lowest BCUT2D eigenvalue weighted by molar-refractivity contribution is 0.635. The van der Waals surface area contributed by atoms with Crippen molar-refractivity contribution < 1.29 is 0 Å². The van der Waals surface area contributed by atoms with Gasteiger partial charge in [0.15, 0.2) is 9.50 Å². The molecule has 3 aromatic rings. The average molecular weight is 335 g/mol. The van der Waals surface area contributed by atoms with Crippen molar-refractivity contribution in [1.82, 2.24) is 24.1 Å². The number of thiophene rings is 1. The minimum absolute atomic E-state index is 0.562. The van der Waals surface area contributed by atoms with Gasteiger partial charge < -0.3 is 4.57 Å². The third-order valence-corrected chi connectivity index (χ3v) is 5.93. The van der Waals surface area contributed by atoms with E-state index in [0.29, 0.717) is 6.04 Å². The Morgan fingerprint density at radius 3 is 2.95 bits per heavy atom. The maximum absolute atomic E-state index is 4.41. The van der Waals surface area contributed by atoms with Crippen molar-refractivity contribution in [1.29, 1.82) is 0 Å². The van der Waals surface area contributed by atoms with Crippen LogP contribution in [0.1, 0.15) is 35.4 Å². The summed E-state index contributed by atoms with van der Waals surface area (Å²) in [6.07, 6.45) is 3.30. The molecule has 1 fully saturated rings. The van der Waals surface area contributed by atoms with Crippen molar-refractivity contribution in [2.45, 2.75) is 41.7 Å². The SMILES string of the molecule is Cc1nsc(Sc2nnc(Cc3cccs3)n2C2CC2)n1. The average Bonchev–Trinajstić information content (AvgIpc) is 2.87. The fourth-order valence-corrected chi connectivity index (χ4v) is 4.54. The molecule has 21 heavy (non-hydrogen) atoms. The molecule has 0 aliphatic heterocycles. The van der Waals surface area contributed by atoms with Gasteiger partial charge in [-0.1, -0.05) is 6.07 Å². The van der Waals surface area contributed by atoms with E-state index in [9.17, 15) is 0 Å². The molecule has 5 nitrogen and oxygen atoms in total. The lowest BCUT2D eigenvalue weighted by atomic mass is 10.3. The van der Waals surface area contributed by atoms with Crippen molar-refractivity contribution in [2.24, 2.45) is 0 Å². The molecule has 0 amide bonds. The van der Waals surface area contributed by atoms with Crippen LogP contribution in [0.15, 0.2) is 27.0 Å². The van der Waals surface area contributed by atoms with Crippen LogP contribution in [0, 0.1) is 6.92 Å². The number of nitrogens with zero attached hydrogens (tertiary/aromatic N) is 5. The van der Waals surface area contributed by atoms with E-state index in [0.717, 1.165) is 27.6 Å². The second-order valence-corrected chi connectivity index (χ2v) is 7.96. The Bertz CT molecular complexity index is 742. The Balaban J connectivity index is 1.63. The molecule has 0 atom stereocenters. The van der Waals surface area contributed by atoms with Crippen molar-refractivity contribution in [3.8, 4) is 0 Å². The van der Waals surface area contributed by atoms with E-state index in [2.05, 4.69) is 41.6 Å². The molecule has 0 radical (unpaired) electrons. The first kappa shape index (κ1) is 13.4. The van der Waals surface area contributed by atoms with E-state index in [1.807, 2.05) is 6.92 Å². The molecule has 3 heterocycles. The quantitative estimate of drug-likeness (QED) is 0.713. The van der Waals surface area contributed by atoms with Gasteiger partial charge in [-0.05, 0) is 54.5 Å². The van der Waals surface area contributed by atoms with Crippen molar-refractivity contribution >= 4 is 34.6 Å². The van der Waals surface area contributed by atoms with E-state index in [1.54, 1.807) is 23.1 Å². The number of hydrogen-bond acceptors (Lipinski definition) is 7. The molecule has 0 N–H and O–H groups in total. The van der Waals surface area contributed by atoms with Gasteiger partial charge in [-0.3, -0.25) is 0 Å². The fourth-order valence-electron chi connectivity index (χ4n) is 2.16. The zero-order valence-corrected chi connectivity index (χ0v) is 13.8. The normalized spacial score (nSPS) is 14.7. The summed E-state index contributed by atoms with van der Waals surface area (Å²) in [5, 5.41) is 11.8. The molecule has 0 spiro atoms. The highest BCUT2D eigenvalue weighted by Gasteiger charge is 2.30.